The number of likely N-dealkylation sites (tertiary alicyclic amines) is 1. The fourth-order valence-electron chi connectivity index (χ4n) is 4.85. The van der Waals surface area contributed by atoms with Crippen LogP contribution in [0.25, 0.3) is 10.2 Å². The normalized spacial score (nSPS) is 24.3. The van der Waals surface area contributed by atoms with E-state index in [0.29, 0.717) is 12.5 Å². The van der Waals surface area contributed by atoms with Crippen LogP contribution < -0.4 is 0 Å². The standard InChI is InChI=1S/C22H21ClN2OS2/c1-22-10-9-20(26)25(2)19(22)8-3-13-11-15(5-6-16(13)22)27-21-24-17-12-14(23)4-7-18(17)28-21/h4-7,11-12,19H,3,8-10H2,1-2H3/t19?,22-/m1/s1. The Labute approximate surface area is 178 Å². The number of nitrogens with zero attached hydrogens (tertiary/aromatic N) is 2. The van der Waals surface area contributed by atoms with Crippen molar-refractivity contribution in [2.24, 2.45) is 0 Å². The minimum absolute atomic E-state index is 0.0616. The molecule has 0 saturated carbocycles. The molecule has 1 aliphatic heterocycles. The van der Waals surface area contributed by atoms with E-state index in [4.69, 9.17) is 16.6 Å². The predicted octanol–water partition coefficient (Wildman–Crippen LogP) is 5.93. The fraction of sp³-hybridized carbons (Fsp3) is 0.364. The number of amides is 1. The number of aromatic nitrogens is 1. The number of carbonyl (C=O) groups excluding carboxylic acids is 1. The van der Waals surface area contributed by atoms with Gasteiger partial charge in [0.05, 0.1) is 10.2 Å². The molecule has 3 nitrogen and oxygen atoms in total. The van der Waals surface area contributed by atoms with Crippen LogP contribution in [0.4, 0.5) is 0 Å². The molecule has 2 aromatic carbocycles. The monoisotopic (exact) mass is 428 g/mol. The second kappa shape index (κ2) is 6.75. The lowest BCUT2D eigenvalue weighted by atomic mass is 9.63. The maximum atomic E-state index is 12.2. The van der Waals surface area contributed by atoms with Crippen LogP contribution in [0.15, 0.2) is 45.6 Å². The number of likely N-dealkylation sites (N-methyl/N-ethyl adjacent to an activating group) is 1. The quantitative estimate of drug-likeness (QED) is 0.507. The zero-order valence-electron chi connectivity index (χ0n) is 15.9. The SMILES string of the molecule is CN1C(=O)CC[C@]2(C)c3ccc(Sc4nc5cc(Cl)ccc5s4)cc3CCC12. The summed E-state index contributed by atoms with van der Waals surface area (Å²) in [7, 11) is 1.97. The lowest BCUT2D eigenvalue weighted by Gasteiger charge is -2.50. The van der Waals surface area contributed by atoms with Crippen molar-refractivity contribution in [2.75, 3.05) is 7.05 Å². The Kier molecular flexibility index (Phi) is 4.45. The van der Waals surface area contributed by atoms with Crippen LogP contribution in [0, 0.1) is 0 Å². The summed E-state index contributed by atoms with van der Waals surface area (Å²) in [4.78, 5) is 20.1. The molecule has 6 heteroatoms. The van der Waals surface area contributed by atoms with Crippen LogP contribution in [0.1, 0.15) is 37.3 Å². The van der Waals surface area contributed by atoms with E-state index in [0.717, 1.165) is 38.8 Å². The lowest BCUT2D eigenvalue weighted by molar-refractivity contribution is -0.138. The molecule has 1 unspecified atom stereocenters. The Morgan fingerprint density at radius 3 is 2.96 bits per heavy atom. The average Bonchev–Trinajstić information content (AvgIpc) is 3.06. The van der Waals surface area contributed by atoms with Gasteiger partial charge >= 0.3 is 0 Å². The topological polar surface area (TPSA) is 33.2 Å². The highest BCUT2D eigenvalue weighted by Gasteiger charge is 2.46. The van der Waals surface area contributed by atoms with Crippen molar-refractivity contribution < 1.29 is 4.79 Å². The van der Waals surface area contributed by atoms with Crippen LogP contribution in [0.5, 0.6) is 0 Å². The minimum Gasteiger partial charge on any atom is -0.342 e. The number of piperidine rings is 1. The summed E-state index contributed by atoms with van der Waals surface area (Å²) in [5, 5.41) is 0.724. The third kappa shape index (κ3) is 2.95. The highest BCUT2D eigenvalue weighted by molar-refractivity contribution is 8.01. The molecule has 0 bridgehead atoms. The first-order valence-corrected chi connectivity index (χ1v) is 11.6. The molecule has 1 saturated heterocycles. The largest absolute Gasteiger partial charge is 0.342 e. The van der Waals surface area contributed by atoms with Crippen LogP contribution in [-0.4, -0.2) is 28.9 Å². The summed E-state index contributed by atoms with van der Waals surface area (Å²) in [5.41, 5.74) is 3.87. The van der Waals surface area contributed by atoms with Gasteiger partial charge in [0.25, 0.3) is 0 Å². The van der Waals surface area contributed by atoms with E-state index in [1.54, 1.807) is 23.1 Å². The summed E-state index contributed by atoms with van der Waals surface area (Å²) < 4.78 is 2.20. The molecule has 0 radical (unpaired) electrons. The molecule has 5 rings (SSSR count). The van der Waals surface area contributed by atoms with E-state index in [-0.39, 0.29) is 11.3 Å². The van der Waals surface area contributed by atoms with Crippen molar-refractivity contribution in [1.82, 2.24) is 9.88 Å². The molecular weight excluding hydrogens is 408 g/mol. The molecule has 1 aliphatic carbocycles. The first-order chi connectivity index (χ1) is 13.4. The molecule has 1 fully saturated rings. The number of carbonyl (C=O) groups is 1. The van der Waals surface area contributed by atoms with Crippen LogP contribution in [0.3, 0.4) is 0 Å². The average molecular weight is 429 g/mol. The zero-order chi connectivity index (χ0) is 19.5. The summed E-state index contributed by atoms with van der Waals surface area (Å²) in [6.45, 7) is 2.34. The Morgan fingerprint density at radius 2 is 2.11 bits per heavy atom. The lowest BCUT2D eigenvalue weighted by Crippen LogP contribution is -2.56. The van der Waals surface area contributed by atoms with Gasteiger partial charge in [-0.1, -0.05) is 36.4 Å². The van der Waals surface area contributed by atoms with Crippen molar-refractivity contribution >= 4 is 50.8 Å². The molecule has 3 aromatic rings. The van der Waals surface area contributed by atoms with E-state index in [1.165, 1.54) is 16.0 Å². The molecule has 28 heavy (non-hydrogen) atoms. The first kappa shape index (κ1) is 18.5. The molecule has 2 heterocycles. The highest BCUT2D eigenvalue weighted by atomic mass is 35.5. The molecule has 0 N–H and O–H groups in total. The van der Waals surface area contributed by atoms with Gasteiger partial charge in [-0.25, -0.2) is 4.98 Å². The number of hydrogen-bond donors (Lipinski definition) is 0. The van der Waals surface area contributed by atoms with Crippen molar-refractivity contribution in [3.8, 4) is 0 Å². The van der Waals surface area contributed by atoms with Gasteiger partial charge in [-0.15, -0.1) is 11.3 Å². The smallest absolute Gasteiger partial charge is 0.222 e. The van der Waals surface area contributed by atoms with Crippen LogP contribution in [-0.2, 0) is 16.6 Å². The van der Waals surface area contributed by atoms with Crippen LogP contribution >= 0.6 is 34.7 Å². The predicted molar refractivity (Wildman–Crippen MR) is 117 cm³/mol. The van der Waals surface area contributed by atoms with Crippen molar-refractivity contribution in [3.05, 3.63) is 52.5 Å². The third-order valence-electron chi connectivity index (χ3n) is 6.37. The maximum absolute atomic E-state index is 12.2. The van der Waals surface area contributed by atoms with Gasteiger partial charge in [0.15, 0.2) is 4.34 Å². The number of fused-ring (bicyclic) bond motifs is 4. The van der Waals surface area contributed by atoms with Gasteiger partial charge in [0, 0.05) is 34.8 Å². The molecule has 1 amide bonds. The number of benzene rings is 2. The van der Waals surface area contributed by atoms with E-state index in [9.17, 15) is 4.79 Å². The van der Waals surface area contributed by atoms with E-state index in [1.807, 2.05) is 30.1 Å². The van der Waals surface area contributed by atoms with Gasteiger partial charge in [0.2, 0.25) is 5.91 Å². The number of thiazole rings is 1. The molecule has 1 aromatic heterocycles. The summed E-state index contributed by atoms with van der Waals surface area (Å²) in [6, 6.07) is 13.0. The summed E-state index contributed by atoms with van der Waals surface area (Å²) in [5.74, 6) is 0.286. The summed E-state index contributed by atoms with van der Waals surface area (Å²) >= 11 is 9.52. The molecule has 144 valence electrons. The number of rotatable bonds is 2. The summed E-state index contributed by atoms with van der Waals surface area (Å²) in [6.07, 6.45) is 3.66. The van der Waals surface area contributed by atoms with Gasteiger partial charge in [-0.2, -0.15) is 0 Å². The van der Waals surface area contributed by atoms with Gasteiger partial charge in [-0.05, 0) is 60.7 Å². The maximum Gasteiger partial charge on any atom is 0.222 e. The van der Waals surface area contributed by atoms with Gasteiger partial charge in [0.1, 0.15) is 0 Å². The Bertz CT molecular complexity index is 1100. The Morgan fingerprint density at radius 1 is 1.25 bits per heavy atom. The highest BCUT2D eigenvalue weighted by Crippen LogP contribution is 2.47. The molecule has 0 spiro atoms. The van der Waals surface area contributed by atoms with Gasteiger partial charge < -0.3 is 4.90 Å². The van der Waals surface area contributed by atoms with E-state index < -0.39 is 0 Å². The Balaban J connectivity index is 1.45. The fourth-order valence-corrected chi connectivity index (χ4v) is 7.10. The molecule has 2 atom stereocenters. The Hall–Kier alpha value is -1.56. The molecular formula is C22H21ClN2OS2. The molecule has 2 aliphatic rings. The zero-order valence-corrected chi connectivity index (χ0v) is 18.3. The second-order valence-electron chi connectivity index (χ2n) is 7.99. The van der Waals surface area contributed by atoms with Crippen molar-refractivity contribution in [1.29, 1.82) is 0 Å². The minimum atomic E-state index is 0.0616. The van der Waals surface area contributed by atoms with Crippen LogP contribution in [0.2, 0.25) is 5.02 Å². The second-order valence-corrected chi connectivity index (χ2v) is 10.8. The number of aryl methyl sites for hydroxylation is 1. The first-order valence-electron chi connectivity index (χ1n) is 9.57. The number of hydrogen-bond acceptors (Lipinski definition) is 4. The third-order valence-corrected chi connectivity index (χ3v) is 8.69. The van der Waals surface area contributed by atoms with E-state index >= 15 is 0 Å². The van der Waals surface area contributed by atoms with Crippen molar-refractivity contribution in [3.63, 3.8) is 0 Å². The number of halogens is 1. The van der Waals surface area contributed by atoms with Crippen molar-refractivity contribution in [2.45, 2.75) is 53.3 Å². The van der Waals surface area contributed by atoms with E-state index in [2.05, 4.69) is 25.1 Å². The van der Waals surface area contributed by atoms with Gasteiger partial charge in [-0.3, -0.25) is 4.79 Å².